The first-order valence-electron chi connectivity index (χ1n) is 9.13. The lowest BCUT2D eigenvalue weighted by atomic mass is 10.2. The number of hydrogen-bond acceptors (Lipinski definition) is 8. The van der Waals surface area contributed by atoms with Crippen molar-refractivity contribution in [3.8, 4) is 11.9 Å². The highest BCUT2D eigenvalue weighted by Crippen LogP contribution is 2.32. The lowest BCUT2D eigenvalue weighted by Crippen LogP contribution is -2.31. The van der Waals surface area contributed by atoms with Crippen molar-refractivity contribution in [1.29, 1.82) is 0 Å². The van der Waals surface area contributed by atoms with Crippen LogP contribution in [-0.4, -0.2) is 40.1 Å². The molecule has 4 rings (SSSR count). The predicted octanol–water partition coefficient (Wildman–Crippen LogP) is 3.65. The van der Waals surface area contributed by atoms with Crippen LogP contribution in [0.5, 0.6) is 11.9 Å². The summed E-state index contributed by atoms with van der Waals surface area (Å²) in [6, 6.07) is 11.3. The van der Waals surface area contributed by atoms with E-state index in [1.807, 2.05) is 37.3 Å². The first-order valence-corrected chi connectivity index (χ1v) is 9.94. The molecule has 0 fully saturated rings. The lowest BCUT2D eigenvalue weighted by Gasteiger charge is -2.19. The molecule has 30 heavy (non-hydrogen) atoms. The molecule has 0 aliphatic heterocycles. The number of aromatic nitrogens is 4. The van der Waals surface area contributed by atoms with E-state index in [1.165, 1.54) is 31.6 Å². The van der Waals surface area contributed by atoms with Gasteiger partial charge in [0.1, 0.15) is 5.69 Å². The summed E-state index contributed by atoms with van der Waals surface area (Å²) >= 11 is 1.45. The molecule has 3 aromatic heterocycles. The Labute approximate surface area is 177 Å². The maximum absolute atomic E-state index is 13.5. The number of para-hydroxylation sites is 1. The number of fused-ring (bicyclic) bond motifs is 1. The van der Waals surface area contributed by atoms with Crippen molar-refractivity contribution >= 4 is 32.6 Å². The summed E-state index contributed by atoms with van der Waals surface area (Å²) in [4.78, 5) is 32.3. The van der Waals surface area contributed by atoms with Gasteiger partial charge in [-0.25, -0.2) is 4.98 Å². The average molecular weight is 421 g/mol. The average Bonchev–Trinajstić information content (AvgIpc) is 3.22. The molecule has 1 amide bonds. The van der Waals surface area contributed by atoms with Crippen molar-refractivity contribution < 1.29 is 14.3 Å². The van der Waals surface area contributed by atoms with Gasteiger partial charge in [-0.3, -0.25) is 14.7 Å². The highest BCUT2D eigenvalue weighted by Gasteiger charge is 2.25. The third-order valence-corrected chi connectivity index (χ3v) is 5.49. The molecule has 152 valence electrons. The number of benzene rings is 1. The second kappa shape index (κ2) is 8.42. The highest BCUT2D eigenvalue weighted by molar-refractivity contribution is 7.22. The highest BCUT2D eigenvalue weighted by atomic mass is 32.1. The van der Waals surface area contributed by atoms with Gasteiger partial charge in [0.2, 0.25) is 5.88 Å². The fraction of sp³-hybridized carbons (Fsp3) is 0.190. The molecule has 9 heteroatoms. The van der Waals surface area contributed by atoms with Gasteiger partial charge in [-0.05, 0) is 30.2 Å². The minimum atomic E-state index is -0.338. The van der Waals surface area contributed by atoms with Crippen molar-refractivity contribution in [2.45, 2.75) is 13.5 Å². The second-order valence-corrected chi connectivity index (χ2v) is 7.46. The number of aryl methyl sites for hydroxylation is 1. The van der Waals surface area contributed by atoms with Crippen LogP contribution in [0.4, 0.5) is 5.13 Å². The van der Waals surface area contributed by atoms with E-state index in [0.29, 0.717) is 11.7 Å². The lowest BCUT2D eigenvalue weighted by molar-refractivity contribution is 0.0978. The Hall–Kier alpha value is -3.59. The number of pyridine rings is 1. The molecule has 0 radical (unpaired) electrons. The molecular formula is C21H19N5O3S. The largest absolute Gasteiger partial charge is 0.481 e. The number of hydrogen-bond donors (Lipinski definition) is 0. The van der Waals surface area contributed by atoms with E-state index >= 15 is 0 Å². The smallest absolute Gasteiger partial charge is 0.320 e. The molecule has 0 unspecified atom stereocenters. The number of anilines is 1. The van der Waals surface area contributed by atoms with Crippen LogP contribution in [0.1, 0.15) is 21.6 Å². The molecule has 3 heterocycles. The van der Waals surface area contributed by atoms with Gasteiger partial charge in [-0.2, -0.15) is 9.97 Å². The zero-order chi connectivity index (χ0) is 21.1. The predicted molar refractivity (Wildman–Crippen MR) is 114 cm³/mol. The molecular weight excluding hydrogens is 402 g/mol. The molecule has 0 spiro atoms. The molecule has 1 aromatic carbocycles. The maximum atomic E-state index is 13.5. The molecule has 0 aliphatic carbocycles. The number of amides is 1. The van der Waals surface area contributed by atoms with Crippen LogP contribution >= 0.6 is 11.3 Å². The quantitative estimate of drug-likeness (QED) is 0.469. The Kier molecular flexibility index (Phi) is 5.53. The van der Waals surface area contributed by atoms with Crippen LogP contribution in [0.3, 0.4) is 0 Å². The van der Waals surface area contributed by atoms with E-state index in [1.54, 1.807) is 17.3 Å². The molecule has 0 saturated heterocycles. The molecule has 4 aromatic rings. The topological polar surface area (TPSA) is 90.3 Å². The van der Waals surface area contributed by atoms with Gasteiger partial charge in [0.25, 0.3) is 5.91 Å². The third kappa shape index (κ3) is 3.92. The number of rotatable bonds is 6. The van der Waals surface area contributed by atoms with Crippen LogP contribution in [0.25, 0.3) is 10.2 Å². The Morgan fingerprint density at radius 2 is 1.97 bits per heavy atom. The van der Waals surface area contributed by atoms with Gasteiger partial charge < -0.3 is 9.47 Å². The third-order valence-electron chi connectivity index (χ3n) is 4.44. The van der Waals surface area contributed by atoms with Gasteiger partial charge in [0, 0.05) is 18.5 Å². The Bertz CT molecular complexity index is 1170. The summed E-state index contributed by atoms with van der Waals surface area (Å²) in [6.45, 7) is 2.29. The molecule has 0 atom stereocenters. The summed E-state index contributed by atoms with van der Waals surface area (Å²) in [7, 11) is 2.91. The van der Waals surface area contributed by atoms with E-state index in [9.17, 15) is 4.79 Å². The SMILES string of the molecule is COc1cc(C(=O)N(Cc2cccnc2)c2nc3c(C)cccc3s2)nc(OC)n1. The summed E-state index contributed by atoms with van der Waals surface area (Å²) in [5, 5.41) is 0.574. The van der Waals surface area contributed by atoms with E-state index in [-0.39, 0.29) is 23.5 Å². The maximum Gasteiger partial charge on any atom is 0.320 e. The minimum absolute atomic E-state index is 0.0548. The number of nitrogens with zero attached hydrogens (tertiary/aromatic N) is 5. The van der Waals surface area contributed by atoms with Crippen LogP contribution < -0.4 is 14.4 Å². The number of carbonyl (C=O) groups is 1. The van der Waals surface area contributed by atoms with Gasteiger partial charge in [-0.1, -0.05) is 29.5 Å². The van der Waals surface area contributed by atoms with Crippen molar-refractivity contribution in [3.05, 3.63) is 65.6 Å². The molecule has 0 aliphatic rings. The fourth-order valence-corrected chi connectivity index (χ4v) is 3.98. The number of methoxy groups -OCH3 is 2. The summed E-state index contributed by atoms with van der Waals surface area (Å²) in [5.74, 6) is -0.0961. The van der Waals surface area contributed by atoms with Crippen LogP contribution in [0.15, 0.2) is 48.8 Å². The Balaban J connectivity index is 1.80. The first kappa shape index (κ1) is 19.7. The monoisotopic (exact) mass is 421 g/mol. The van der Waals surface area contributed by atoms with Gasteiger partial charge in [-0.15, -0.1) is 0 Å². The van der Waals surface area contributed by atoms with Gasteiger partial charge in [0.05, 0.1) is 31.0 Å². The van der Waals surface area contributed by atoms with Crippen LogP contribution in [0.2, 0.25) is 0 Å². The second-order valence-electron chi connectivity index (χ2n) is 6.45. The fourth-order valence-electron chi connectivity index (χ4n) is 2.94. The van der Waals surface area contributed by atoms with Crippen molar-refractivity contribution in [3.63, 3.8) is 0 Å². The standard InChI is InChI=1S/C21H19N5O3S/c1-13-6-4-8-16-18(13)25-21(30-16)26(12-14-7-5-9-22-11-14)19(27)15-10-17(28-2)24-20(23-15)29-3/h4-11H,12H2,1-3H3. The van der Waals surface area contributed by atoms with E-state index < -0.39 is 0 Å². The van der Waals surface area contributed by atoms with Crippen LogP contribution in [0, 0.1) is 6.92 Å². The van der Waals surface area contributed by atoms with E-state index in [2.05, 4.69) is 15.0 Å². The molecule has 0 saturated carbocycles. The van der Waals surface area contributed by atoms with Crippen molar-refractivity contribution in [2.75, 3.05) is 19.1 Å². The van der Waals surface area contributed by atoms with Crippen LogP contribution in [-0.2, 0) is 6.54 Å². The number of thiazole rings is 1. The van der Waals surface area contributed by atoms with Gasteiger partial charge >= 0.3 is 6.01 Å². The normalized spacial score (nSPS) is 10.8. The summed E-state index contributed by atoms with van der Waals surface area (Å²) in [6.07, 6.45) is 3.41. The Morgan fingerprint density at radius 1 is 1.10 bits per heavy atom. The number of carbonyl (C=O) groups excluding carboxylic acids is 1. The molecule has 0 N–H and O–H groups in total. The molecule has 8 nitrogen and oxygen atoms in total. The molecule has 0 bridgehead atoms. The zero-order valence-electron chi connectivity index (χ0n) is 16.7. The Morgan fingerprint density at radius 3 is 2.67 bits per heavy atom. The summed E-state index contributed by atoms with van der Waals surface area (Å²) < 4.78 is 11.3. The van der Waals surface area contributed by atoms with Crippen molar-refractivity contribution in [2.24, 2.45) is 0 Å². The van der Waals surface area contributed by atoms with E-state index in [4.69, 9.17) is 14.5 Å². The van der Waals surface area contributed by atoms with Gasteiger partial charge in [0.15, 0.2) is 5.13 Å². The minimum Gasteiger partial charge on any atom is -0.481 e. The first-order chi connectivity index (χ1) is 14.6. The number of ether oxygens (including phenoxy) is 2. The van der Waals surface area contributed by atoms with Crippen molar-refractivity contribution in [1.82, 2.24) is 19.9 Å². The van der Waals surface area contributed by atoms with E-state index in [0.717, 1.165) is 21.3 Å². The summed E-state index contributed by atoms with van der Waals surface area (Å²) in [5.41, 5.74) is 2.95. The zero-order valence-corrected chi connectivity index (χ0v) is 17.5.